The molecule has 0 atom stereocenters. The molecule has 7 heteroatoms. The van der Waals surface area contributed by atoms with Crippen molar-refractivity contribution in [3.63, 3.8) is 0 Å². The predicted octanol–water partition coefficient (Wildman–Crippen LogP) is 5.47. The number of anilines is 1. The smallest absolute Gasteiger partial charge is 0.163 e. The molecule has 0 bridgehead atoms. The molecule has 5 nitrogen and oxygen atoms in total. The predicted molar refractivity (Wildman–Crippen MR) is 116 cm³/mol. The van der Waals surface area contributed by atoms with Crippen LogP contribution in [0.3, 0.4) is 0 Å². The highest BCUT2D eigenvalue weighted by Crippen LogP contribution is 2.38. The summed E-state index contributed by atoms with van der Waals surface area (Å²) in [5, 5.41) is 3.76. The molecule has 156 valence electrons. The van der Waals surface area contributed by atoms with Gasteiger partial charge in [0, 0.05) is 36.0 Å². The standard InChI is InChI=1S/C24H20F2N4O/c1-27-24-19-9-16(18-11-17(25)6-7-20(18)26)10-21(31-13-14-4-5-14)22(19)29-23(30-24)15-3-2-8-28-12-15/h2-3,6-12,14H,4-5,13H2,1H3,(H,27,29,30). The van der Waals surface area contributed by atoms with Crippen LogP contribution in [0.2, 0.25) is 0 Å². The van der Waals surface area contributed by atoms with Crippen LogP contribution in [0.1, 0.15) is 12.8 Å². The minimum Gasteiger partial charge on any atom is -0.491 e. The molecule has 2 aromatic carbocycles. The quantitative estimate of drug-likeness (QED) is 0.450. The van der Waals surface area contributed by atoms with E-state index in [9.17, 15) is 8.78 Å². The van der Waals surface area contributed by atoms with Gasteiger partial charge in [0.1, 0.15) is 28.7 Å². The third-order valence-corrected chi connectivity index (χ3v) is 5.33. The molecule has 0 unspecified atom stereocenters. The first-order valence-corrected chi connectivity index (χ1v) is 10.1. The van der Waals surface area contributed by atoms with E-state index < -0.39 is 11.6 Å². The van der Waals surface area contributed by atoms with Gasteiger partial charge < -0.3 is 10.1 Å². The van der Waals surface area contributed by atoms with Gasteiger partial charge in [-0.05, 0) is 66.8 Å². The first kappa shape index (κ1) is 19.4. The summed E-state index contributed by atoms with van der Waals surface area (Å²) in [5.41, 5.74) is 2.05. The number of hydrogen-bond donors (Lipinski definition) is 1. The van der Waals surface area contributed by atoms with E-state index in [1.165, 1.54) is 6.07 Å². The van der Waals surface area contributed by atoms with Crippen LogP contribution in [0, 0.1) is 17.6 Å². The number of ether oxygens (including phenoxy) is 1. The Morgan fingerprint density at radius 1 is 1.06 bits per heavy atom. The number of nitrogens with one attached hydrogen (secondary N) is 1. The maximum absolute atomic E-state index is 14.5. The van der Waals surface area contributed by atoms with Gasteiger partial charge in [-0.3, -0.25) is 4.98 Å². The summed E-state index contributed by atoms with van der Waals surface area (Å²) in [6.45, 7) is 0.561. The lowest BCUT2D eigenvalue weighted by Crippen LogP contribution is -2.04. The summed E-state index contributed by atoms with van der Waals surface area (Å²) in [4.78, 5) is 13.5. The lowest BCUT2D eigenvalue weighted by atomic mass is 10.0. The monoisotopic (exact) mass is 418 g/mol. The third-order valence-electron chi connectivity index (χ3n) is 5.33. The van der Waals surface area contributed by atoms with Gasteiger partial charge in [-0.1, -0.05) is 0 Å². The van der Waals surface area contributed by atoms with E-state index in [2.05, 4.69) is 15.3 Å². The summed E-state index contributed by atoms with van der Waals surface area (Å²) in [7, 11) is 1.76. The molecule has 1 aliphatic carbocycles. The van der Waals surface area contributed by atoms with E-state index in [0.717, 1.165) is 30.5 Å². The molecular weight excluding hydrogens is 398 g/mol. The number of pyridine rings is 1. The summed E-state index contributed by atoms with van der Waals surface area (Å²) in [5.74, 6) is 1.10. The van der Waals surface area contributed by atoms with E-state index >= 15 is 0 Å². The maximum atomic E-state index is 14.5. The number of hydrogen-bond acceptors (Lipinski definition) is 5. The summed E-state index contributed by atoms with van der Waals surface area (Å²) in [6.07, 6.45) is 5.65. The van der Waals surface area contributed by atoms with Crippen molar-refractivity contribution < 1.29 is 13.5 Å². The fourth-order valence-electron chi connectivity index (χ4n) is 3.49. The molecule has 0 spiro atoms. The highest BCUT2D eigenvalue weighted by Gasteiger charge is 2.23. The van der Waals surface area contributed by atoms with Crippen LogP contribution in [-0.2, 0) is 0 Å². The Bertz CT molecular complexity index is 1260. The highest BCUT2D eigenvalue weighted by molar-refractivity contribution is 5.97. The molecule has 0 amide bonds. The highest BCUT2D eigenvalue weighted by atomic mass is 19.1. The zero-order valence-corrected chi connectivity index (χ0v) is 16.9. The first-order valence-electron chi connectivity index (χ1n) is 10.1. The van der Waals surface area contributed by atoms with Crippen LogP contribution in [0.15, 0.2) is 54.9 Å². The van der Waals surface area contributed by atoms with Gasteiger partial charge in [0.15, 0.2) is 5.82 Å². The molecule has 2 aromatic heterocycles. The Morgan fingerprint density at radius 2 is 1.94 bits per heavy atom. The number of benzene rings is 2. The van der Waals surface area contributed by atoms with E-state index in [4.69, 9.17) is 9.72 Å². The second-order valence-electron chi connectivity index (χ2n) is 7.64. The molecule has 1 aliphatic rings. The van der Waals surface area contributed by atoms with E-state index in [1.54, 1.807) is 31.6 Å². The molecule has 0 saturated heterocycles. The van der Waals surface area contributed by atoms with Gasteiger partial charge in [0.2, 0.25) is 0 Å². The van der Waals surface area contributed by atoms with Crippen molar-refractivity contribution >= 4 is 16.7 Å². The van der Waals surface area contributed by atoms with E-state index in [0.29, 0.717) is 46.4 Å². The van der Waals surface area contributed by atoms with Crippen molar-refractivity contribution in [3.05, 3.63) is 66.5 Å². The number of aromatic nitrogens is 3. The van der Waals surface area contributed by atoms with Crippen LogP contribution in [-0.4, -0.2) is 28.6 Å². The van der Waals surface area contributed by atoms with Gasteiger partial charge in [0.05, 0.1) is 6.61 Å². The maximum Gasteiger partial charge on any atom is 0.163 e. The molecular formula is C24H20F2N4O. The van der Waals surface area contributed by atoms with Gasteiger partial charge >= 0.3 is 0 Å². The minimum atomic E-state index is -0.507. The Hall–Kier alpha value is -3.61. The first-order chi connectivity index (χ1) is 15.1. The Labute approximate surface area is 178 Å². The number of fused-ring (bicyclic) bond motifs is 1. The van der Waals surface area contributed by atoms with Crippen molar-refractivity contribution in [3.8, 4) is 28.3 Å². The molecule has 1 N–H and O–H groups in total. The Morgan fingerprint density at radius 3 is 2.68 bits per heavy atom. The van der Waals surface area contributed by atoms with Gasteiger partial charge in [-0.15, -0.1) is 0 Å². The summed E-state index contributed by atoms with van der Waals surface area (Å²) in [6, 6.07) is 10.6. The van der Waals surface area contributed by atoms with Crippen molar-refractivity contribution in [1.29, 1.82) is 0 Å². The topological polar surface area (TPSA) is 59.9 Å². The van der Waals surface area contributed by atoms with Crippen molar-refractivity contribution in [2.75, 3.05) is 19.0 Å². The fourth-order valence-corrected chi connectivity index (χ4v) is 3.49. The van der Waals surface area contributed by atoms with Gasteiger partial charge in [0.25, 0.3) is 0 Å². The van der Waals surface area contributed by atoms with Crippen molar-refractivity contribution in [2.24, 2.45) is 5.92 Å². The average Bonchev–Trinajstić information content (AvgIpc) is 3.63. The second kappa shape index (κ2) is 7.91. The van der Waals surface area contributed by atoms with Gasteiger partial charge in [-0.25, -0.2) is 18.7 Å². The number of halogens is 2. The lowest BCUT2D eigenvalue weighted by Gasteiger charge is -2.15. The van der Waals surface area contributed by atoms with Crippen LogP contribution < -0.4 is 10.1 Å². The third kappa shape index (κ3) is 3.91. The largest absolute Gasteiger partial charge is 0.491 e. The number of nitrogens with zero attached hydrogens (tertiary/aromatic N) is 3. The molecule has 2 heterocycles. The normalized spacial score (nSPS) is 13.4. The molecule has 1 saturated carbocycles. The minimum absolute atomic E-state index is 0.163. The fraction of sp³-hybridized carbons (Fsp3) is 0.208. The summed E-state index contributed by atoms with van der Waals surface area (Å²) >= 11 is 0. The Kier molecular flexibility index (Phi) is 4.94. The van der Waals surface area contributed by atoms with Crippen LogP contribution in [0.5, 0.6) is 5.75 Å². The zero-order chi connectivity index (χ0) is 21.4. The average molecular weight is 418 g/mol. The van der Waals surface area contributed by atoms with Crippen LogP contribution in [0.4, 0.5) is 14.6 Å². The van der Waals surface area contributed by atoms with Crippen molar-refractivity contribution in [1.82, 2.24) is 15.0 Å². The zero-order valence-electron chi connectivity index (χ0n) is 16.9. The summed E-state index contributed by atoms with van der Waals surface area (Å²) < 4.78 is 34.5. The van der Waals surface area contributed by atoms with Crippen LogP contribution in [0.25, 0.3) is 33.4 Å². The molecule has 0 radical (unpaired) electrons. The molecule has 1 fully saturated rings. The molecule has 4 aromatic rings. The Balaban J connectivity index is 1.73. The molecule has 31 heavy (non-hydrogen) atoms. The molecule has 5 rings (SSSR count). The van der Waals surface area contributed by atoms with Gasteiger partial charge in [-0.2, -0.15) is 0 Å². The van der Waals surface area contributed by atoms with E-state index in [-0.39, 0.29) is 5.56 Å². The van der Waals surface area contributed by atoms with E-state index in [1.807, 2.05) is 12.1 Å². The lowest BCUT2D eigenvalue weighted by molar-refractivity contribution is 0.303. The van der Waals surface area contributed by atoms with Crippen LogP contribution >= 0.6 is 0 Å². The molecule has 0 aliphatic heterocycles. The number of rotatable bonds is 6. The SMILES string of the molecule is CNc1nc(-c2cccnc2)nc2c(OCC3CC3)cc(-c3cc(F)ccc3F)cc12. The second-order valence-corrected chi connectivity index (χ2v) is 7.64. The van der Waals surface area contributed by atoms with Crippen molar-refractivity contribution in [2.45, 2.75) is 12.8 Å².